The Morgan fingerprint density at radius 1 is 1.42 bits per heavy atom. The summed E-state index contributed by atoms with van der Waals surface area (Å²) in [6, 6.07) is 0. The summed E-state index contributed by atoms with van der Waals surface area (Å²) in [7, 11) is 1.50. The molecule has 1 aliphatic rings. The van der Waals surface area contributed by atoms with Crippen molar-refractivity contribution in [3.8, 4) is 0 Å². The zero-order valence-corrected chi connectivity index (χ0v) is 15.6. The van der Waals surface area contributed by atoms with Crippen molar-refractivity contribution in [3.05, 3.63) is 17.3 Å². The quantitative estimate of drug-likeness (QED) is 0.655. The van der Waals surface area contributed by atoms with E-state index in [1.54, 1.807) is 13.8 Å². The number of carbonyl (C=O) groups excluding carboxylic acids is 3. The molecular weight excluding hydrogens is 340 g/mol. The third-order valence-corrected chi connectivity index (χ3v) is 4.59. The van der Waals surface area contributed by atoms with Gasteiger partial charge in [0.05, 0.1) is 0 Å². The Balaban J connectivity index is 2.33. The molecule has 1 aromatic heterocycles. The number of nitrogens with zero attached hydrogens (tertiary/aromatic N) is 1. The van der Waals surface area contributed by atoms with Crippen molar-refractivity contribution in [1.29, 1.82) is 0 Å². The highest BCUT2D eigenvalue weighted by Gasteiger charge is 2.45. The standard InChI is InChI=1S/C17H26N4O5/c1-10(22)17(7-5-9-20-17)14-21-12(13(23)19-4)11(25-14)6-8-16(2,3)26-15(18)24/h20H,5-9H2,1-4H3,(H2,18,24)(H,19,23). The van der Waals surface area contributed by atoms with E-state index in [0.717, 1.165) is 6.42 Å². The molecule has 0 aromatic carbocycles. The van der Waals surface area contributed by atoms with E-state index in [9.17, 15) is 14.4 Å². The first-order valence-corrected chi connectivity index (χ1v) is 8.58. The van der Waals surface area contributed by atoms with Gasteiger partial charge in [0.15, 0.2) is 17.0 Å². The fraction of sp³-hybridized carbons (Fsp3) is 0.647. The Bertz CT molecular complexity index is 704. The number of amides is 2. The second-order valence-corrected chi connectivity index (χ2v) is 7.04. The Labute approximate surface area is 152 Å². The normalized spacial score (nSPS) is 20.0. The third-order valence-electron chi connectivity index (χ3n) is 4.59. The first-order chi connectivity index (χ1) is 12.1. The van der Waals surface area contributed by atoms with Crippen molar-refractivity contribution in [3.63, 3.8) is 0 Å². The molecule has 1 fully saturated rings. The lowest BCUT2D eigenvalue weighted by Crippen LogP contribution is -2.43. The summed E-state index contributed by atoms with van der Waals surface area (Å²) in [6.07, 6.45) is 1.17. The Morgan fingerprint density at radius 3 is 2.62 bits per heavy atom. The first kappa shape index (κ1) is 19.9. The van der Waals surface area contributed by atoms with Crippen LogP contribution in [0.15, 0.2) is 4.42 Å². The summed E-state index contributed by atoms with van der Waals surface area (Å²) in [5.41, 5.74) is 3.38. The van der Waals surface area contributed by atoms with E-state index in [1.807, 2.05) is 0 Å². The van der Waals surface area contributed by atoms with Crippen molar-refractivity contribution in [2.75, 3.05) is 13.6 Å². The molecule has 1 atom stereocenters. The fourth-order valence-corrected chi connectivity index (χ4v) is 3.11. The second-order valence-electron chi connectivity index (χ2n) is 7.04. The molecule has 2 heterocycles. The number of ether oxygens (including phenoxy) is 1. The van der Waals surface area contributed by atoms with Gasteiger partial charge in [-0.15, -0.1) is 0 Å². The van der Waals surface area contributed by atoms with Crippen LogP contribution in [0.5, 0.6) is 0 Å². The van der Waals surface area contributed by atoms with Crippen LogP contribution in [0.2, 0.25) is 0 Å². The smallest absolute Gasteiger partial charge is 0.405 e. The van der Waals surface area contributed by atoms with Gasteiger partial charge in [-0.05, 0) is 46.6 Å². The average Bonchev–Trinajstić information content (AvgIpc) is 3.18. The minimum Gasteiger partial charge on any atom is -0.444 e. The molecule has 0 aliphatic carbocycles. The van der Waals surface area contributed by atoms with Crippen LogP contribution in [-0.2, 0) is 21.5 Å². The van der Waals surface area contributed by atoms with E-state index in [-0.39, 0.29) is 17.4 Å². The van der Waals surface area contributed by atoms with Crippen molar-refractivity contribution in [2.45, 2.75) is 57.6 Å². The van der Waals surface area contributed by atoms with E-state index >= 15 is 0 Å². The maximum atomic E-state index is 12.2. The van der Waals surface area contributed by atoms with Gasteiger partial charge in [-0.25, -0.2) is 9.78 Å². The first-order valence-electron chi connectivity index (χ1n) is 8.58. The molecule has 1 unspecified atom stereocenters. The van der Waals surface area contributed by atoms with Gasteiger partial charge in [-0.2, -0.15) is 0 Å². The van der Waals surface area contributed by atoms with Gasteiger partial charge < -0.3 is 20.2 Å². The zero-order valence-electron chi connectivity index (χ0n) is 15.6. The molecule has 0 radical (unpaired) electrons. The number of hydrogen-bond donors (Lipinski definition) is 3. The van der Waals surface area contributed by atoms with Crippen molar-refractivity contribution in [1.82, 2.24) is 15.6 Å². The van der Waals surface area contributed by atoms with Crippen LogP contribution in [-0.4, -0.2) is 42.0 Å². The van der Waals surface area contributed by atoms with Crippen LogP contribution < -0.4 is 16.4 Å². The average molecular weight is 366 g/mol. The number of ketones is 1. The highest BCUT2D eigenvalue weighted by atomic mass is 16.6. The molecule has 1 aliphatic heterocycles. The van der Waals surface area contributed by atoms with E-state index in [4.69, 9.17) is 14.9 Å². The van der Waals surface area contributed by atoms with E-state index < -0.39 is 23.1 Å². The minimum atomic E-state index is -1.000. The van der Waals surface area contributed by atoms with Crippen LogP contribution in [0.1, 0.15) is 62.2 Å². The molecule has 144 valence electrons. The molecule has 9 nitrogen and oxygen atoms in total. The summed E-state index contributed by atoms with van der Waals surface area (Å²) >= 11 is 0. The Hall–Kier alpha value is -2.42. The van der Waals surface area contributed by atoms with Gasteiger partial charge in [0, 0.05) is 13.5 Å². The molecule has 1 aromatic rings. The largest absolute Gasteiger partial charge is 0.444 e. The van der Waals surface area contributed by atoms with Gasteiger partial charge >= 0.3 is 6.09 Å². The van der Waals surface area contributed by atoms with Crippen molar-refractivity contribution in [2.24, 2.45) is 5.73 Å². The molecule has 2 rings (SSSR count). The van der Waals surface area contributed by atoms with E-state index in [2.05, 4.69) is 15.6 Å². The summed E-state index contributed by atoms with van der Waals surface area (Å²) in [4.78, 5) is 39.7. The molecule has 26 heavy (non-hydrogen) atoms. The van der Waals surface area contributed by atoms with E-state index in [1.165, 1.54) is 14.0 Å². The number of oxazole rings is 1. The van der Waals surface area contributed by atoms with Crippen LogP contribution in [0.4, 0.5) is 4.79 Å². The zero-order chi connectivity index (χ0) is 19.5. The van der Waals surface area contributed by atoms with Gasteiger partial charge in [0.2, 0.25) is 5.89 Å². The van der Waals surface area contributed by atoms with E-state index in [0.29, 0.717) is 31.6 Å². The summed E-state index contributed by atoms with van der Waals surface area (Å²) in [6.45, 7) is 5.58. The second kappa shape index (κ2) is 7.45. The third kappa shape index (κ3) is 4.04. The number of hydrogen-bond acceptors (Lipinski definition) is 7. The molecule has 2 amide bonds. The number of aryl methyl sites for hydroxylation is 1. The Kier molecular flexibility index (Phi) is 5.70. The summed E-state index contributed by atoms with van der Waals surface area (Å²) in [5.74, 6) is 0.0310. The number of Topliss-reactive ketones (excluding diaryl/α,β-unsaturated/α-hetero) is 1. The monoisotopic (exact) mass is 366 g/mol. The van der Waals surface area contributed by atoms with Crippen molar-refractivity contribution >= 4 is 17.8 Å². The van der Waals surface area contributed by atoms with Crippen LogP contribution in [0, 0.1) is 0 Å². The summed E-state index contributed by atoms with van der Waals surface area (Å²) < 4.78 is 10.9. The molecule has 0 saturated carbocycles. The SMILES string of the molecule is CNC(=O)c1nc(C2(C(C)=O)CCCN2)oc1CCC(C)(C)OC(N)=O. The van der Waals surface area contributed by atoms with Crippen LogP contribution in [0.25, 0.3) is 0 Å². The number of rotatable bonds is 7. The van der Waals surface area contributed by atoms with Gasteiger partial charge in [0.25, 0.3) is 5.91 Å². The lowest BCUT2D eigenvalue weighted by Gasteiger charge is -2.23. The number of aromatic nitrogens is 1. The van der Waals surface area contributed by atoms with Crippen molar-refractivity contribution < 1.29 is 23.5 Å². The number of carbonyl (C=O) groups is 3. The van der Waals surface area contributed by atoms with Gasteiger partial charge in [-0.3, -0.25) is 14.9 Å². The molecule has 1 saturated heterocycles. The fourth-order valence-electron chi connectivity index (χ4n) is 3.11. The molecule has 0 bridgehead atoms. The predicted octanol–water partition coefficient (Wildman–Crippen LogP) is 1.01. The minimum absolute atomic E-state index is 0.108. The van der Waals surface area contributed by atoms with Crippen LogP contribution >= 0.6 is 0 Å². The molecule has 4 N–H and O–H groups in total. The predicted molar refractivity (Wildman–Crippen MR) is 92.6 cm³/mol. The maximum Gasteiger partial charge on any atom is 0.405 e. The molecular formula is C17H26N4O5. The lowest BCUT2D eigenvalue weighted by atomic mass is 9.93. The highest BCUT2D eigenvalue weighted by Crippen LogP contribution is 2.33. The molecule has 9 heteroatoms. The lowest BCUT2D eigenvalue weighted by molar-refractivity contribution is -0.124. The Morgan fingerprint density at radius 2 is 2.12 bits per heavy atom. The van der Waals surface area contributed by atoms with Gasteiger partial charge in [0.1, 0.15) is 11.4 Å². The highest BCUT2D eigenvalue weighted by molar-refractivity contribution is 5.93. The maximum absolute atomic E-state index is 12.2. The number of nitrogens with two attached hydrogens (primary N) is 1. The number of primary amides is 1. The number of nitrogens with one attached hydrogen (secondary N) is 2. The topological polar surface area (TPSA) is 137 Å². The van der Waals surface area contributed by atoms with Crippen LogP contribution in [0.3, 0.4) is 0 Å². The summed E-state index contributed by atoms with van der Waals surface area (Å²) in [5, 5.41) is 5.68. The van der Waals surface area contributed by atoms with Gasteiger partial charge in [-0.1, -0.05) is 0 Å². The molecule has 0 spiro atoms.